The minimum Gasteiger partial charge on any atom is -0.390 e. The van der Waals surface area contributed by atoms with Crippen LogP contribution in [0.3, 0.4) is 0 Å². The molecule has 1 N–H and O–H groups in total. The van der Waals surface area contributed by atoms with E-state index >= 15 is 0 Å². The summed E-state index contributed by atoms with van der Waals surface area (Å²) in [5, 5.41) is 10.8. The van der Waals surface area contributed by atoms with Gasteiger partial charge in [-0.1, -0.05) is 101 Å². The van der Waals surface area contributed by atoms with Gasteiger partial charge in [0.25, 0.3) is 0 Å². The Kier molecular flexibility index (Phi) is 17.2. The lowest BCUT2D eigenvalue weighted by Crippen LogP contribution is -2.51. The second-order valence-electron chi connectivity index (χ2n) is 10.2. The van der Waals surface area contributed by atoms with Crippen LogP contribution in [-0.4, -0.2) is 41.3 Å². The summed E-state index contributed by atoms with van der Waals surface area (Å²) < 4.78 is 0. The van der Waals surface area contributed by atoms with Crippen molar-refractivity contribution in [3.05, 3.63) is 60.2 Å². The maximum Gasteiger partial charge on any atom is 0.163 e. The molecule has 0 aromatic heterocycles. The van der Waals surface area contributed by atoms with E-state index in [1.807, 2.05) is 29.2 Å². The van der Waals surface area contributed by atoms with Crippen LogP contribution in [0.4, 0.5) is 0 Å². The third kappa shape index (κ3) is 10.4. The van der Waals surface area contributed by atoms with Gasteiger partial charge in [0.15, 0.2) is 5.78 Å². The molecule has 1 aliphatic rings. The number of ketones is 1. The Hall–Kier alpha value is -1.91. The Bertz CT molecular complexity index is 836. The third-order valence-electron chi connectivity index (χ3n) is 7.44. The molecule has 0 fully saturated rings. The molecule has 0 aliphatic carbocycles. The second kappa shape index (κ2) is 19.2. The van der Waals surface area contributed by atoms with E-state index in [-0.39, 0.29) is 18.2 Å². The van der Waals surface area contributed by atoms with E-state index < -0.39 is 11.6 Å². The van der Waals surface area contributed by atoms with Crippen molar-refractivity contribution in [3.8, 4) is 0 Å². The minimum absolute atomic E-state index is 0. The van der Waals surface area contributed by atoms with Crippen LogP contribution in [-0.2, 0) is 5.54 Å². The number of aliphatic hydroxyl groups is 1. The van der Waals surface area contributed by atoms with Crippen molar-refractivity contribution in [2.24, 2.45) is 4.99 Å². The number of Topliss-reactive ketones (excluding diaryl/α,β-unsaturated/α-hetero) is 1. The number of unbranched alkanes of at least 4 members (excludes halogenated alkanes) is 11. The van der Waals surface area contributed by atoms with Gasteiger partial charge in [-0.25, -0.2) is 0 Å². The number of nitrogens with zero attached hydrogens (tertiary/aromatic N) is 2. The highest BCUT2D eigenvalue weighted by atomic mass is 35.5. The zero-order valence-electron chi connectivity index (χ0n) is 23.4. The summed E-state index contributed by atoms with van der Waals surface area (Å²) in [7, 11) is 0. The number of benzene rings is 1. The molecule has 0 amide bonds. The number of carbonyl (C=O) groups excluding carboxylic acids is 1. The van der Waals surface area contributed by atoms with E-state index in [0.29, 0.717) is 25.1 Å². The first-order valence-electron chi connectivity index (χ1n) is 14.4. The largest absolute Gasteiger partial charge is 0.390 e. The topological polar surface area (TPSA) is 52.9 Å². The molecule has 0 saturated carbocycles. The fourth-order valence-corrected chi connectivity index (χ4v) is 5.24. The van der Waals surface area contributed by atoms with Gasteiger partial charge >= 0.3 is 0 Å². The number of rotatable bonds is 20. The van der Waals surface area contributed by atoms with Gasteiger partial charge in [0.2, 0.25) is 0 Å². The van der Waals surface area contributed by atoms with Crippen LogP contribution in [0, 0.1) is 0 Å². The van der Waals surface area contributed by atoms with E-state index in [4.69, 9.17) is 0 Å². The van der Waals surface area contributed by atoms with Gasteiger partial charge in [-0.2, -0.15) is 0 Å². The Morgan fingerprint density at radius 2 is 1.62 bits per heavy atom. The molecule has 2 unspecified atom stereocenters. The Labute approximate surface area is 232 Å². The monoisotopic (exact) mass is 530 g/mol. The van der Waals surface area contributed by atoms with Crippen molar-refractivity contribution < 1.29 is 9.90 Å². The molecule has 0 spiro atoms. The first-order chi connectivity index (χ1) is 17.6. The molecule has 0 radical (unpaired) electrons. The predicted molar refractivity (Wildman–Crippen MR) is 161 cm³/mol. The predicted octanol–water partition coefficient (Wildman–Crippen LogP) is 8.43. The fraction of sp³-hybridized carbons (Fsp3) is 0.625. The third-order valence-corrected chi connectivity index (χ3v) is 7.44. The molecule has 1 aromatic carbocycles. The SMILES string of the molecule is C=CC(c1ccccc1C(=O)CCCCCCCC=CCCCCCCCC)(C(C)O)N1C=NCC1.Cl. The van der Waals surface area contributed by atoms with Crippen LogP contribution in [0.5, 0.6) is 0 Å². The van der Waals surface area contributed by atoms with E-state index in [9.17, 15) is 9.90 Å². The van der Waals surface area contributed by atoms with Gasteiger partial charge in [-0.3, -0.25) is 9.79 Å². The molecule has 37 heavy (non-hydrogen) atoms. The number of aliphatic imine (C=N–C) groups is 1. The van der Waals surface area contributed by atoms with Crippen LogP contribution in [0.2, 0.25) is 0 Å². The van der Waals surface area contributed by atoms with Crippen molar-refractivity contribution in [1.29, 1.82) is 0 Å². The minimum atomic E-state index is -0.852. The first kappa shape index (κ1) is 33.1. The average Bonchev–Trinajstić information content (AvgIpc) is 3.42. The lowest BCUT2D eigenvalue weighted by molar-refractivity contribution is 0.0524. The lowest BCUT2D eigenvalue weighted by atomic mass is 9.79. The maximum atomic E-state index is 13.2. The highest BCUT2D eigenvalue weighted by Crippen LogP contribution is 2.36. The van der Waals surface area contributed by atoms with E-state index in [1.165, 1.54) is 70.6 Å². The molecule has 2 rings (SSSR count). The van der Waals surface area contributed by atoms with Gasteiger partial charge in [-0.15, -0.1) is 19.0 Å². The van der Waals surface area contributed by atoms with Gasteiger partial charge in [0.1, 0.15) is 5.54 Å². The van der Waals surface area contributed by atoms with Gasteiger partial charge in [0, 0.05) is 18.5 Å². The van der Waals surface area contributed by atoms with Crippen LogP contribution < -0.4 is 0 Å². The Morgan fingerprint density at radius 1 is 1.03 bits per heavy atom. The average molecular weight is 531 g/mol. The van der Waals surface area contributed by atoms with E-state index in [1.54, 1.807) is 19.3 Å². The molecule has 0 bridgehead atoms. The van der Waals surface area contributed by atoms with Crippen LogP contribution in [0.15, 0.2) is 54.1 Å². The van der Waals surface area contributed by atoms with Gasteiger partial charge < -0.3 is 10.0 Å². The number of halogens is 1. The van der Waals surface area contributed by atoms with E-state index in [2.05, 4.69) is 30.6 Å². The Balaban J connectivity index is 0.00000684. The lowest BCUT2D eigenvalue weighted by Gasteiger charge is -2.42. The van der Waals surface area contributed by atoms with Crippen LogP contribution >= 0.6 is 12.4 Å². The molecular weight excluding hydrogens is 480 g/mol. The van der Waals surface area contributed by atoms with Crippen molar-refractivity contribution in [2.75, 3.05) is 13.1 Å². The zero-order valence-corrected chi connectivity index (χ0v) is 24.2. The summed E-state index contributed by atoms with van der Waals surface area (Å²) in [6.07, 6.45) is 24.3. The van der Waals surface area contributed by atoms with E-state index in [0.717, 1.165) is 18.4 Å². The maximum absolute atomic E-state index is 13.2. The highest BCUT2D eigenvalue weighted by molar-refractivity contribution is 5.98. The molecule has 208 valence electrons. The molecule has 0 saturated heterocycles. The summed E-state index contributed by atoms with van der Waals surface area (Å²) in [6, 6.07) is 7.68. The summed E-state index contributed by atoms with van der Waals surface area (Å²) in [6.45, 7) is 9.46. The van der Waals surface area contributed by atoms with Gasteiger partial charge in [0.05, 0.1) is 19.0 Å². The molecule has 4 nitrogen and oxygen atoms in total. The molecule has 1 aliphatic heterocycles. The number of carbonyl (C=O) groups is 1. The number of aliphatic hydroxyl groups excluding tert-OH is 1. The number of hydrogen-bond donors (Lipinski definition) is 1. The summed E-state index contributed by atoms with van der Waals surface area (Å²) in [4.78, 5) is 19.6. The molecule has 5 heteroatoms. The van der Waals surface area contributed by atoms with Crippen molar-refractivity contribution >= 4 is 24.5 Å². The van der Waals surface area contributed by atoms with Crippen molar-refractivity contribution in [1.82, 2.24) is 4.90 Å². The fourth-order valence-electron chi connectivity index (χ4n) is 5.24. The molecule has 1 heterocycles. The van der Waals surface area contributed by atoms with Crippen LogP contribution in [0.25, 0.3) is 0 Å². The standard InChI is InChI=1S/C32H50N2O2.ClH/c1-4-6-7-8-9-10-11-12-13-14-15-16-17-18-19-24-31(36)29-22-20-21-23-30(29)32(5-2,28(3)35)34-26-25-33-27-34;/h5,12-13,20-23,27-28,35H,2,4,6-11,14-19,24-26H2,1,3H3;1H. The van der Waals surface area contributed by atoms with Crippen LogP contribution in [0.1, 0.15) is 120 Å². The molecule has 1 aromatic rings. The Morgan fingerprint density at radius 3 is 2.19 bits per heavy atom. The normalized spacial score (nSPS) is 15.5. The highest BCUT2D eigenvalue weighted by Gasteiger charge is 2.42. The molecular formula is C32H51ClN2O2. The number of allylic oxidation sites excluding steroid dienone is 2. The van der Waals surface area contributed by atoms with Gasteiger partial charge in [-0.05, 0) is 44.6 Å². The smallest absolute Gasteiger partial charge is 0.163 e. The molecule has 2 atom stereocenters. The quantitative estimate of drug-likeness (QED) is 0.104. The summed E-state index contributed by atoms with van der Waals surface area (Å²) in [5.74, 6) is 0.145. The summed E-state index contributed by atoms with van der Waals surface area (Å²) >= 11 is 0. The van der Waals surface area contributed by atoms with Crippen molar-refractivity contribution in [2.45, 2.75) is 115 Å². The van der Waals surface area contributed by atoms with Crippen molar-refractivity contribution in [3.63, 3.8) is 0 Å². The second-order valence-corrected chi connectivity index (χ2v) is 10.2. The zero-order chi connectivity index (χ0) is 26.1. The first-order valence-corrected chi connectivity index (χ1v) is 14.4. The summed E-state index contributed by atoms with van der Waals surface area (Å²) in [5.41, 5.74) is 0.657. The number of hydrogen-bond acceptors (Lipinski definition) is 4.